The van der Waals surface area contributed by atoms with Crippen LogP contribution in [0.25, 0.3) is 5.52 Å². The Morgan fingerprint density at radius 2 is 1.93 bits per heavy atom. The molecule has 0 saturated heterocycles. The molecule has 3 aromatic heterocycles. The van der Waals surface area contributed by atoms with Crippen molar-refractivity contribution < 1.29 is 4.39 Å². The SMILES string of the molecule is CC.CCNC(c1ccc(F)cc1)c1nc(Nc2cc(C)[nH]n2)c2cccn2n1. The van der Waals surface area contributed by atoms with Crippen LogP contribution in [0.15, 0.2) is 48.7 Å². The second-order valence-corrected chi connectivity index (χ2v) is 6.26. The van der Waals surface area contributed by atoms with E-state index in [0.717, 1.165) is 23.3 Å². The van der Waals surface area contributed by atoms with Crippen LogP contribution < -0.4 is 10.6 Å². The van der Waals surface area contributed by atoms with Crippen LogP contribution in [-0.4, -0.2) is 31.3 Å². The van der Waals surface area contributed by atoms with Crippen molar-refractivity contribution >= 4 is 17.2 Å². The largest absolute Gasteiger partial charge is 0.322 e. The smallest absolute Gasteiger partial charge is 0.173 e. The summed E-state index contributed by atoms with van der Waals surface area (Å²) >= 11 is 0. The Labute approximate surface area is 169 Å². The zero-order chi connectivity index (χ0) is 20.8. The number of nitrogens with one attached hydrogen (secondary N) is 3. The molecule has 0 aliphatic rings. The number of H-pyrrole nitrogens is 1. The fraction of sp³-hybridized carbons (Fsp3) is 0.286. The minimum absolute atomic E-state index is 0.260. The van der Waals surface area contributed by atoms with E-state index in [2.05, 4.69) is 25.9 Å². The lowest BCUT2D eigenvalue weighted by Gasteiger charge is -2.18. The van der Waals surface area contributed by atoms with Gasteiger partial charge in [-0.1, -0.05) is 32.9 Å². The quantitative estimate of drug-likeness (QED) is 0.452. The first kappa shape index (κ1) is 20.5. The molecule has 0 radical (unpaired) electrons. The third-order valence-electron chi connectivity index (χ3n) is 4.23. The predicted octanol–water partition coefficient (Wildman–Crippen LogP) is 4.37. The van der Waals surface area contributed by atoms with E-state index in [4.69, 9.17) is 4.98 Å². The molecular weight excluding hydrogens is 369 g/mol. The Morgan fingerprint density at radius 3 is 2.59 bits per heavy atom. The van der Waals surface area contributed by atoms with E-state index in [9.17, 15) is 4.39 Å². The minimum atomic E-state index is -0.271. The number of hydrogen-bond donors (Lipinski definition) is 3. The van der Waals surface area contributed by atoms with Crippen LogP contribution in [0.2, 0.25) is 0 Å². The van der Waals surface area contributed by atoms with Crippen molar-refractivity contribution in [1.29, 1.82) is 0 Å². The highest BCUT2D eigenvalue weighted by molar-refractivity contribution is 5.72. The lowest BCUT2D eigenvalue weighted by Crippen LogP contribution is -2.25. The minimum Gasteiger partial charge on any atom is -0.322 e. The van der Waals surface area contributed by atoms with E-state index in [1.165, 1.54) is 12.1 Å². The highest BCUT2D eigenvalue weighted by Crippen LogP contribution is 2.24. The molecule has 4 rings (SSSR count). The Bertz CT molecular complexity index is 1050. The third-order valence-corrected chi connectivity index (χ3v) is 4.23. The highest BCUT2D eigenvalue weighted by Gasteiger charge is 2.19. The first-order chi connectivity index (χ1) is 14.1. The summed E-state index contributed by atoms with van der Waals surface area (Å²) in [5.74, 6) is 1.65. The molecule has 3 N–H and O–H groups in total. The maximum absolute atomic E-state index is 13.3. The number of hydrogen-bond acceptors (Lipinski definition) is 5. The highest BCUT2D eigenvalue weighted by atomic mass is 19.1. The van der Waals surface area contributed by atoms with Gasteiger partial charge >= 0.3 is 0 Å². The number of anilines is 2. The van der Waals surface area contributed by atoms with Crippen LogP contribution in [0.1, 0.15) is 43.9 Å². The van der Waals surface area contributed by atoms with Crippen molar-refractivity contribution in [2.75, 3.05) is 11.9 Å². The van der Waals surface area contributed by atoms with Crippen LogP contribution in [-0.2, 0) is 0 Å². The Morgan fingerprint density at radius 1 is 1.17 bits per heavy atom. The Hall–Kier alpha value is -3.26. The van der Waals surface area contributed by atoms with Crippen molar-refractivity contribution in [3.05, 3.63) is 71.6 Å². The molecule has 1 unspecified atom stereocenters. The second kappa shape index (κ2) is 9.29. The molecule has 3 heterocycles. The van der Waals surface area contributed by atoms with Crippen molar-refractivity contribution in [3.8, 4) is 0 Å². The summed E-state index contributed by atoms with van der Waals surface area (Å²) in [4.78, 5) is 4.74. The van der Waals surface area contributed by atoms with Gasteiger partial charge in [0, 0.05) is 18.0 Å². The van der Waals surface area contributed by atoms with Gasteiger partial charge in [0.2, 0.25) is 0 Å². The molecule has 8 heteroatoms. The molecule has 152 valence electrons. The van der Waals surface area contributed by atoms with Gasteiger partial charge < -0.3 is 10.6 Å². The molecule has 0 saturated carbocycles. The summed E-state index contributed by atoms with van der Waals surface area (Å²) in [7, 11) is 0. The molecule has 0 spiro atoms. The normalized spacial score (nSPS) is 11.8. The van der Waals surface area contributed by atoms with E-state index in [1.54, 1.807) is 16.6 Å². The van der Waals surface area contributed by atoms with Crippen LogP contribution in [0.3, 0.4) is 0 Å². The second-order valence-electron chi connectivity index (χ2n) is 6.26. The average Bonchev–Trinajstić information content (AvgIpc) is 3.37. The maximum Gasteiger partial charge on any atom is 0.173 e. The predicted molar refractivity (Wildman–Crippen MR) is 113 cm³/mol. The molecule has 0 fully saturated rings. The fourth-order valence-corrected chi connectivity index (χ4v) is 2.99. The summed E-state index contributed by atoms with van der Waals surface area (Å²) < 4.78 is 15.1. The van der Waals surface area contributed by atoms with Gasteiger partial charge in [0.25, 0.3) is 0 Å². The van der Waals surface area contributed by atoms with Gasteiger partial charge in [0.1, 0.15) is 11.3 Å². The third kappa shape index (κ3) is 4.60. The summed E-state index contributed by atoms with van der Waals surface area (Å²) in [5.41, 5.74) is 2.69. The van der Waals surface area contributed by atoms with Crippen molar-refractivity contribution in [3.63, 3.8) is 0 Å². The first-order valence-electron chi connectivity index (χ1n) is 9.77. The number of aryl methyl sites for hydroxylation is 1. The van der Waals surface area contributed by atoms with E-state index < -0.39 is 0 Å². The van der Waals surface area contributed by atoms with Gasteiger partial charge in [-0.15, -0.1) is 0 Å². The van der Waals surface area contributed by atoms with Crippen LogP contribution in [0, 0.1) is 12.7 Å². The Kier molecular flexibility index (Phi) is 6.56. The molecule has 0 bridgehead atoms. The summed E-state index contributed by atoms with van der Waals surface area (Å²) in [6, 6.07) is 11.9. The number of halogens is 1. The molecule has 0 aliphatic heterocycles. The number of nitrogens with zero attached hydrogens (tertiary/aromatic N) is 4. The maximum atomic E-state index is 13.3. The van der Waals surface area contributed by atoms with Gasteiger partial charge in [0.15, 0.2) is 17.5 Å². The molecule has 1 aromatic carbocycles. The first-order valence-corrected chi connectivity index (χ1v) is 9.77. The zero-order valence-corrected chi connectivity index (χ0v) is 17.1. The number of aromatic nitrogens is 5. The molecule has 1 atom stereocenters. The average molecular weight is 395 g/mol. The van der Waals surface area contributed by atoms with Crippen LogP contribution in [0.4, 0.5) is 16.0 Å². The summed E-state index contributed by atoms with van der Waals surface area (Å²) in [6.07, 6.45) is 1.87. The molecule has 29 heavy (non-hydrogen) atoms. The van der Waals surface area contributed by atoms with Gasteiger partial charge in [0.05, 0.1) is 6.04 Å². The number of fused-ring (bicyclic) bond motifs is 1. The zero-order valence-electron chi connectivity index (χ0n) is 17.1. The van der Waals surface area contributed by atoms with Crippen LogP contribution in [0.5, 0.6) is 0 Å². The summed E-state index contributed by atoms with van der Waals surface area (Å²) in [6.45, 7) is 8.67. The van der Waals surface area contributed by atoms with Crippen molar-refractivity contribution in [2.24, 2.45) is 0 Å². The molecule has 0 amide bonds. The van der Waals surface area contributed by atoms with Gasteiger partial charge in [-0.2, -0.15) is 10.2 Å². The monoisotopic (exact) mass is 395 g/mol. The number of aromatic amines is 1. The standard InChI is InChI=1S/C19H20FN7.C2H6/c1-3-21-17(13-6-8-14(20)9-7-13)19-23-18(15-5-4-10-27(15)26-19)22-16-11-12(2)24-25-16;1-2/h4-11,17,21H,3H2,1-2H3,(H2,22,23,24,25,26);1-2H3. The Balaban J connectivity index is 0.00000117. The lowest BCUT2D eigenvalue weighted by atomic mass is 10.1. The number of benzene rings is 1. The lowest BCUT2D eigenvalue weighted by molar-refractivity contribution is 0.579. The molecule has 7 nitrogen and oxygen atoms in total. The summed E-state index contributed by atoms with van der Waals surface area (Å²) in [5, 5.41) is 18.4. The van der Waals surface area contributed by atoms with E-state index in [0.29, 0.717) is 17.5 Å². The number of rotatable bonds is 6. The van der Waals surface area contributed by atoms with E-state index in [-0.39, 0.29) is 11.9 Å². The van der Waals surface area contributed by atoms with Gasteiger partial charge in [-0.3, -0.25) is 5.10 Å². The van der Waals surface area contributed by atoms with Gasteiger partial charge in [-0.25, -0.2) is 13.9 Å². The molecule has 4 aromatic rings. The fourth-order valence-electron chi connectivity index (χ4n) is 2.99. The van der Waals surface area contributed by atoms with E-state index in [1.807, 2.05) is 52.1 Å². The van der Waals surface area contributed by atoms with Crippen molar-refractivity contribution in [1.82, 2.24) is 30.1 Å². The van der Waals surface area contributed by atoms with Gasteiger partial charge in [-0.05, 0) is 43.3 Å². The topological polar surface area (TPSA) is 82.9 Å². The van der Waals surface area contributed by atoms with Crippen LogP contribution >= 0.6 is 0 Å². The molecular formula is C21H26FN7. The van der Waals surface area contributed by atoms with E-state index >= 15 is 0 Å². The molecule has 0 aliphatic carbocycles. The van der Waals surface area contributed by atoms with Crippen molar-refractivity contribution in [2.45, 2.75) is 33.7 Å².